The summed E-state index contributed by atoms with van der Waals surface area (Å²) in [5.41, 5.74) is 0. The third kappa shape index (κ3) is 9.58. The Bertz CT molecular complexity index is 156. The molecule has 84 valence electrons. The summed E-state index contributed by atoms with van der Waals surface area (Å²) in [5.74, 6) is 0.0417. The fourth-order valence-electron chi connectivity index (χ4n) is 0.471. The van der Waals surface area contributed by atoms with Crippen LogP contribution in [0.15, 0.2) is 0 Å². The number of rotatable bonds is 2. The van der Waals surface area contributed by atoms with Gasteiger partial charge in [0.25, 0.3) is 0 Å². The van der Waals surface area contributed by atoms with E-state index in [1.807, 2.05) is 20.1 Å². The van der Waals surface area contributed by atoms with E-state index >= 15 is 0 Å². The zero-order valence-electron chi connectivity index (χ0n) is 9.79. The van der Waals surface area contributed by atoms with Crippen molar-refractivity contribution in [1.82, 2.24) is 0 Å². The first-order valence-corrected chi connectivity index (χ1v) is 5.74. The van der Waals surface area contributed by atoms with Gasteiger partial charge >= 0.3 is 5.97 Å². The van der Waals surface area contributed by atoms with E-state index in [2.05, 4.69) is 4.74 Å². The monoisotopic (exact) mass is 220 g/mol. The van der Waals surface area contributed by atoms with Crippen molar-refractivity contribution in [1.29, 1.82) is 0 Å². The molecule has 0 unspecified atom stereocenters. The summed E-state index contributed by atoms with van der Waals surface area (Å²) in [5, 5.41) is 0.264. The maximum atomic E-state index is 10.5. The second kappa shape index (κ2) is 9.06. The Morgan fingerprint density at radius 2 is 1.50 bits per heavy atom. The molecular formula is C10H20O3S. The highest BCUT2D eigenvalue weighted by Gasteiger charge is 2.03. The molecular weight excluding hydrogens is 200 g/mol. The minimum Gasteiger partial charge on any atom is -0.469 e. The van der Waals surface area contributed by atoms with Gasteiger partial charge in [-0.25, -0.2) is 0 Å². The van der Waals surface area contributed by atoms with Crippen LogP contribution >= 0.6 is 11.8 Å². The van der Waals surface area contributed by atoms with Crippen molar-refractivity contribution in [3.8, 4) is 0 Å². The van der Waals surface area contributed by atoms with Crippen molar-refractivity contribution in [2.45, 2.75) is 27.7 Å². The summed E-state index contributed by atoms with van der Waals surface area (Å²) in [4.78, 5) is 20.8. The molecule has 0 saturated carbocycles. The van der Waals surface area contributed by atoms with Crippen molar-refractivity contribution in [2.24, 2.45) is 11.8 Å². The maximum absolute atomic E-state index is 10.5. The van der Waals surface area contributed by atoms with E-state index in [4.69, 9.17) is 0 Å². The molecule has 0 saturated heterocycles. The lowest BCUT2D eigenvalue weighted by atomic mass is 10.2. The molecule has 0 aromatic carbocycles. The molecule has 0 heterocycles. The molecule has 0 bridgehead atoms. The van der Waals surface area contributed by atoms with E-state index in [1.165, 1.54) is 18.9 Å². The number of ether oxygens (including phenoxy) is 1. The first-order chi connectivity index (χ1) is 6.36. The summed E-state index contributed by atoms with van der Waals surface area (Å²) < 4.78 is 4.37. The van der Waals surface area contributed by atoms with Gasteiger partial charge in [-0.3, -0.25) is 9.59 Å². The fraction of sp³-hybridized carbons (Fsp3) is 0.800. The first-order valence-electron chi connectivity index (χ1n) is 4.52. The number of hydrogen-bond acceptors (Lipinski definition) is 4. The van der Waals surface area contributed by atoms with Crippen molar-refractivity contribution in [3.05, 3.63) is 0 Å². The lowest BCUT2D eigenvalue weighted by Crippen LogP contribution is -2.07. The van der Waals surface area contributed by atoms with Crippen molar-refractivity contribution in [2.75, 3.05) is 13.4 Å². The molecule has 0 atom stereocenters. The summed E-state index contributed by atoms with van der Waals surface area (Å²) in [7, 11) is 1.39. The van der Waals surface area contributed by atoms with Crippen molar-refractivity contribution < 1.29 is 14.3 Å². The molecule has 0 N–H and O–H groups in total. The number of methoxy groups -OCH3 is 1. The van der Waals surface area contributed by atoms with Gasteiger partial charge in [0.1, 0.15) is 0 Å². The van der Waals surface area contributed by atoms with Crippen molar-refractivity contribution in [3.63, 3.8) is 0 Å². The lowest BCUT2D eigenvalue weighted by Gasteiger charge is -1.97. The van der Waals surface area contributed by atoms with Gasteiger partial charge in [0, 0.05) is 5.92 Å². The van der Waals surface area contributed by atoms with Gasteiger partial charge < -0.3 is 4.74 Å². The van der Waals surface area contributed by atoms with E-state index in [0.29, 0.717) is 0 Å². The Labute approximate surface area is 90.6 Å². The zero-order valence-corrected chi connectivity index (χ0v) is 10.6. The number of thioether (sulfide) groups is 1. The highest BCUT2D eigenvalue weighted by molar-refractivity contribution is 8.13. The average Bonchev–Trinajstić information content (AvgIpc) is 2.15. The summed E-state index contributed by atoms with van der Waals surface area (Å²) in [6, 6.07) is 0. The van der Waals surface area contributed by atoms with Crippen LogP contribution in [0.2, 0.25) is 0 Å². The predicted molar refractivity (Wildman–Crippen MR) is 60.2 cm³/mol. The summed E-state index contributed by atoms with van der Waals surface area (Å²) >= 11 is 1.29. The first kappa shape index (κ1) is 15.9. The molecule has 0 aliphatic carbocycles. The van der Waals surface area contributed by atoms with Gasteiger partial charge in [-0.2, -0.15) is 0 Å². The van der Waals surface area contributed by atoms with Gasteiger partial charge in [-0.1, -0.05) is 39.5 Å². The van der Waals surface area contributed by atoms with Gasteiger partial charge in [-0.05, 0) is 6.26 Å². The van der Waals surface area contributed by atoms with Crippen LogP contribution in [0.4, 0.5) is 0 Å². The van der Waals surface area contributed by atoms with E-state index in [0.717, 1.165) is 0 Å². The summed E-state index contributed by atoms with van der Waals surface area (Å²) in [6.07, 6.45) is 1.81. The maximum Gasteiger partial charge on any atom is 0.308 e. The Morgan fingerprint density at radius 3 is 1.50 bits per heavy atom. The predicted octanol–water partition coefficient (Wildman–Crippen LogP) is 2.35. The molecule has 0 aromatic heterocycles. The van der Waals surface area contributed by atoms with Crippen LogP contribution in [0.25, 0.3) is 0 Å². The third-order valence-electron chi connectivity index (χ3n) is 1.35. The van der Waals surface area contributed by atoms with Crippen molar-refractivity contribution >= 4 is 22.8 Å². The average molecular weight is 220 g/mol. The molecule has 0 fully saturated rings. The molecule has 0 rings (SSSR count). The minimum atomic E-state index is -0.153. The Morgan fingerprint density at radius 1 is 1.07 bits per heavy atom. The minimum absolute atomic E-state index is 0.00463. The van der Waals surface area contributed by atoms with E-state index in [9.17, 15) is 9.59 Å². The topological polar surface area (TPSA) is 43.4 Å². The zero-order chi connectivity index (χ0) is 11.7. The second-order valence-electron chi connectivity index (χ2n) is 3.36. The molecule has 0 aromatic rings. The van der Waals surface area contributed by atoms with Gasteiger partial charge in [0.2, 0.25) is 0 Å². The Hall–Kier alpha value is -0.510. The Kier molecular flexibility index (Phi) is 10.3. The SMILES string of the molecule is COC(=O)C(C)C.CSC(=O)C(C)C. The molecule has 14 heavy (non-hydrogen) atoms. The fourth-order valence-corrected chi connectivity index (χ4v) is 0.943. The van der Waals surface area contributed by atoms with Crippen LogP contribution in [0.3, 0.4) is 0 Å². The quantitative estimate of drug-likeness (QED) is 0.670. The standard InChI is InChI=1S/C5H10O2.C5H10OS/c2*1-4(2)5(6)7-3/h2*4H,1-3H3. The Balaban J connectivity index is 0. The van der Waals surface area contributed by atoms with Gasteiger partial charge in [0.05, 0.1) is 13.0 Å². The van der Waals surface area contributed by atoms with Crippen LogP contribution in [0, 0.1) is 11.8 Å². The van der Waals surface area contributed by atoms with Gasteiger partial charge in [0.15, 0.2) is 5.12 Å². The van der Waals surface area contributed by atoms with Crippen LogP contribution in [-0.2, 0) is 14.3 Å². The number of esters is 1. The molecule has 0 amide bonds. The number of hydrogen-bond donors (Lipinski definition) is 0. The molecule has 0 aliphatic heterocycles. The summed E-state index contributed by atoms with van der Waals surface area (Å²) in [6.45, 7) is 7.40. The van der Waals surface area contributed by atoms with E-state index < -0.39 is 0 Å². The second-order valence-corrected chi connectivity index (χ2v) is 4.17. The highest BCUT2D eigenvalue weighted by atomic mass is 32.2. The van der Waals surface area contributed by atoms with Gasteiger partial charge in [-0.15, -0.1) is 0 Å². The van der Waals surface area contributed by atoms with Crippen LogP contribution in [-0.4, -0.2) is 24.5 Å². The molecule has 0 spiro atoms. The number of carbonyl (C=O) groups is 2. The van der Waals surface area contributed by atoms with Crippen LogP contribution in [0.1, 0.15) is 27.7 Å². The van der Waals surface area contributed by atoms with E-state index in [1.54, 1.807) is 13.8 Å². The van der Waals surface area contributed by atoms with Crippen LogP contribution < -0.4 is 0 Å². The molecule has 3 nitrogen and oxygen atoms in total. The molecule has 0 aliphatic rings. The smallest absolute Gasteiger partial charge is 0.308 e. The van der Waals surface area contributed by atoms with Crippen LogP contribution in [0.5, 0.6) is 0 Å². The third-order valence-corrected chi connectivity index (χ3v) is 2.22. The lowest BCUT2D eigenvalue weighted by molar-refractivity contribution is -0.144. The molecule has 4 heteroatoms. The molecule has 0 radical (unpaired) electrons. The number of carbonyl (C=O) groups excluding carboxylic acids is 2. The van der Waals surface area contributed by atoms with E-state index in [-0.39, 0.29) is 22.9 Å². The highest BCUT2D eigenvalue weighted by Crippen LogP contribution is 2.04. The largest absolute Gasteiger partial charge is 0.469 e. The normalized spacial score (nSPS) is 9.43.